The summed E-state index contributed by atoms with van der Waals surface area (Å²) in [5.41, 5.74) is 2.11. The highest BCUT2D eigenvalue weighted by Crippen LogP contribution is 2.21. The molecule has 1 N–H and O–H groups in total. The molecule has 100 valence electrons. The van der Waals surface area contributed by atoms with E-state index >= 15 is 0 Å². The SMILES string of the molecule is CCc1ccccc1CNc1ccc(F)c(F)c1F. The molecule has 0 aromatic heterocycles. The van der Waals surface area contributed by atoms with E-state index in [-0.39, 0.29) is 5.69 Å². The van der Waals surface area contributed by atoms with Crippen LogP contribution in [0.2, 0.25) is 0 Å². The predicted molar refractivity (Wildman–Crippen MR) is 69.5 cm³/mol. The summed E-state index contributed by atoms with van der Waals surface area (Å²) < 4.78 is 39.3. The molecule has 0 aliphatic heterocycles. The molecule has 0 unspecified atom stereocenters. The van der Waals surface area contributed by atoms with Gasteiger partial charge in [0.25, 0.3) is 0 Å². The van der Waals surface area contributed by atoms with E-state index in [4.69, 9.17) is 0 Å². The van der Waals surface area contributed by atoms with Crippen LogP contribution in [0.5, 0.6) is 0 Å². The van der Waals surface area contributed by atoms with Crippen molar-refractivity contribution in [3.05, 3.63) is 65.0 Å². The molecule has 2 aromatic carbocycles. The summed E-state index contributed by atoms with van der Waals surface area (Å²) >= 11 is 0. The minimum Gasteiger partial charge on any atom is -0.378 e. The Balaban J connectivity index is 2.17. The lowest BCUT2D eigenvalue weighted by atomic mass is 10.1. The van der Waals surface area contributed by atoms with Gasteiger partial charge in [0, 0.05) is 6.54 Å². The third-order valence-corrected chi connectivity index (χ3v) is 3.00. The first-order valence-electron chi connectivity index (χ1n) is 6.07. The topological polar surface area (TPSA) is 12.0 Å². The number of benzene rings is 2. The quantitative estimate of drug-likeness (QED) is 0.814. The number of aryl methyl sites for hydroxylation is 1. The second-order valence-corrected chi connectivity index (χ2v) is 4.20. The summed E-state index contributed by atoms with van der Waals surface area (Å²) in [4.78, 5) is 0. The molecule has 0 heterocycles. The average Bonchev–Trinajstić information content (AvgIpc) is 2.44. The lowest BCUT2D eigenvalue weighted by Crippen LogP contribution is -2.05. The third kappa shape index (κ3) is 2.89. The minimum absolute atomic E-state index is 0.0372. The van der Waals surface area contributed by atoms with Crippen LogP contribution in [0.3, 0.4) is 0 Å². The van der Waals surface area contributed by atoms with E-state index in [1.165, 1.54) is 6.07 Å². The zero-order chi connectivity index (χ0) is 13.8. The van der Waals surface area contributed by atoms with E-state index < -0.39 is 17.5 Å². The highest BCUT2D eigenvalue weighted by molar-refractivity contribution is 5.46. The van der Waals surface area contributed by atoms with E-state index in [0.29, 0.717) is 6.54 Å². The molecular weight excluding hydrogens is 251 g/mol. The van der Waals surface area contributed by atoms with Gasteiger partial charge in [-0.25, -0.2) is 13.2 Å². The highest BCUT2D eigenvalue weighted by atomic mass is 19.2. The smallest absolute Gasteiger partial charge is 0.196 e. The summed E-state index contributed by atoms with van der Waals surface area (Å²) in [6.45, 7) is 2.39. The fourth-order valence-corrected chi connectivity index (χ4v) is 1.93. The summed E-state index contributed by atoms with van der Waals surface area (Å²) in [5, 5.41) is 2.79. The van der Waals surface area contributed by atoms with E-state index in [1.54, 1.807) is 0 Å². The number of hydrogen-bond donors (Lipinski definition) is 1. The number of rotatable bonds is 4. The van der Waals surface area contributed by atoms with Gasteiger partial charge in [-0.1, -0.05) is 31.2 Å². The van der Waals surface area contributed by atoms with Crippen LogP contribution in [0.1, 0.15) is 18.1 Å². The van der Waals surface area contributed by atoms with E-state index in [2.05, 4.69) is 5.32 Å². The van der Waals surface area contributed by atoms with Crippen molar-refractivity contribution in [1.29, 1.82) is 0 Å². The first kappa shape index (κ1) is 13.5. The molecule has 2 rings (SSSR count). The van der Waals surface area contributed by atoms with Gasteiger partial charge in [0.15, 0.2) is 17.5 Å². The molecule has 2 aromatic rings. The predicted octanol–water partition coefficient (Wildman–Crippen LogP) is 4.28. The molecule has 19 heavy (non-hydrogen) atoms. The minimum atomic E-state index is -1.45. The molecule has 0 saturated heterocycles. The van der Waals surface area contributed by atoms with Gasteiger partial charge in [-0.2, -0.15) is 0 Å². The number of nitrogens with one attached hydrogen (secondary N) is 1. The van der Waals surface area contributed by atoms with Gasteiger partial charge in [0.05, 0.1) is 5.69 Å². The number of hydrogen-bond acceptors (Lipinski definition) is 1. The Bertz CT molecular complexity index is 582. The van der Waals surface area contributed by atoms with Crippen LogP contribution in [0.25, 0.3) is 0 Å². The maximum absolute atomic E-state index is 13.5. The molecule has 0 aliphatic rings. The molecule has 0 bridgehead atoms. The maximum Gasteiger partial charge on any atom is 0.196 e. The van der Waals surface area contributed by atoms with Crippen molar-refractivity contribution >= 4 is 5.69 Å². The van der Waals surface area contributed by atoms with Crippen molar-refractivity contribution in [2.45, 2.75) is 19.9 Å². The van der Waals surface area contributed by atoms with Gasteiger partial charge in [-0.15, -0.1) is 0 Å². The van der Waals surface area contributed by atoms with Crippen LogP contribution in [0, 0.1) is 17.5 Å². The van der Waals surface area contributed by atoms with Gasteiger partial charge >= 0.3 is 0 Å². The Morgan fingerprint density at radius 1 is 0.895 bits per heavy atom. The highest BCUT2D eigenvalue weighted by Gasteiger charge is 2.13. The van der Waals surface area contributed by atoms with Crippen LogP contribution >= 0.6 is 0 Å². The summed E-state index contributed by atoms with van der Waals surface area (Å²) in [7, 11) is 0. The number of anilines is 1. The molecule has 0 radical (unpaired) electrons. The molecule has 0 aliphatic carbocycles. The normalized spacial score (nSPS) is 10.5. The summed E-state index contributed by atoms with van der Waals surface area (Å²) in [6.07, 6.45) is 0.859. The van der Waals surface area contributed by atoms with Crippen molar-refractivity contribution in [2.75, 3.05) is 5.32 Å². The van der Waals surface area contributed by atoms with Crippen LogP contribution in [0.4, 0.5) is 18.9 Å². The first-order chi connectivity index (χ1) is 9.13. The zero-order valence-electron chi connectivity index (χ0n) is 10.5. The van der Waals surface area contributed by atoms with Crippen molar-refractivity contribution in [3.8, 4) is 0 Å². The van der Waals surface area contributed by atoms with Crippen LogP contribution in [-0.2, 0) is 13.0 Å². The van der Waals surface area contributed by atoms with Crippen molar-refractivity contribution in [2.24, 2.45) is 0 Å². The van der Waals surface area contributed by atoms with Gasteiger partial charge in [0.1, 0.15) is 0 Å². The Kier molecular flexibility index (Phi) is 4.10. The molecule has 4 heteroatoms. The van der Waals surface area contributed by atoms with Crippen molar-refractivity contribution in [1.82, 2.24) is 0 Å². The van der Waals surface area contributed by atoms with Gasteiger partial charge in [-0.3, -0.25) is 0 Å². The lowest BCUT2D eigenvalue weighted by molar-refractivity contribution is 0.449. The third-order valence-electron chi connectivity index (χ3n) is 3.00. The van der Waals surface area contributed by atoms with E-state index in [9.17, 15) is 13.2 Å². The fraction of sp³-hybridized carbons (Fsp3) is 0.200. The molecule has 0 atom stereocenters. The van der Waals surface area contributed by atoms with Gasteiger partial charge in [-0.05, 0) is 29.7 Å². The zero-order valence-corrected chi connectivity index (χ0v) is 10.5. The molecule has 0 saturated carbocycles. The Morgan fingerprint density at radius 3 is 2.26 bits per heavy atom. The van der Waals surface area contributed by atoms with Gasteiger partial charge < -0.3 is 5.32 Å². The molecule has 0 fully saturated rings. The lowest BCUT2D eigenvalue weighted by Gasteiger charge is -2.11. The van der Waals surface area contributed by atoms with Crippen molar-refractivity contribution < 1.29 is 13.2 Å². The fourth-order valence-electron chi connectivity index (χ4n) is 1.93. The average molecular weight is 265 g/mol. The Morgan fingerprint density at radius 2 is 1.58 bits per heavy atom. The van der Waals surface area contributed by atoms with Gasteiger partial charge in [0.2, 0.25) is 0 Å². The summed E-state index contributed by atoms with van der Waals surface area (Å²) in [6, 6.07) is 9.83. The standard InChI is InChI=1S/C15H14F3N/c1-2-10-5-3-4-6-11(10)9-19-13-8-7-12(16)14(17)15(13)18/h3-8,19H,2,9H2,1H3. The Labute approximate surface area is 110 Å². The Hall–Kier alpha value is -1.97. The molecule has 1 nitrogen and oxygen atoms in total. The number of halogens is 3. The first-order valence-corrected chi connectivity index (χ1v) is 6.07. The monoisotopic (exact) mass is 265 g/mol. The molecular formula is C15H14F3N. The summed E-state index contributed by atoms with van der Waals surface area (Å²) in [5.74, 6) is -3.82. The maximum atomic E-state index is 13.5. The van der Waals surface area contributed by atoms with Crippen LogP contribution < -0.4 is 5.32 Å². The molecule has 0 spiro atoms. The largest absolute Gasteiger partial charge is 0.378 e. The van der Waals surface area contributed by atoms with Crippen LogP contribution in [0.15, 0.2) is 36.4 Å². The van der Waals surface area contributed by atoms with E-state index in [1.807, 2.05) is 31.2 Å². The van der Waals surface area contributed by atoms with Crippen molar-refractivity contribution in [3.63, 3.8) is 0 Å². The second-order valence-electron chi connectivity index (χ2n) is 4.20. The molecule has 0 amide bonds. The van der Waals surface area contributed by atoms with Crippen LogP contribution in [-0.4, -0.2) is 0 Å². The van der Waals surface area contributed by atoms with E-state index in [0.717, 1.165) is 23.6 Å². The second kappa shape index (κ2) is 5.78.